The molecule has 4 fully saturated rings. The number of phenols is 1. The highest BCUT2D eigenvalue weighted by Crippen LogP contribution is 2.44. The van der Waals surface area contributed by atoms with Gasteiger partial charge >= 0.3 is 5.97 Å². The number of phenolic OH excluding ortho intramolecular Hbond substituents is 1. The number of nitrogens with one attached hydrogen (secondary N) is 2. The maximum absolute atomic E-state index is 15.2. The molecule has 0 unspecified atom stereocenters. The summed E-state index contributed by atoms with van der Waals surface area (Å²) < 4.78 is 20.8. The van der Waals surface area contributed by atoms with Crippen LogP contribution in [0.5, 0.6) is 5.75 Å². The maximum Gasteiger partial charge on any atom is 0.307 e. The highest BCUT2D eigenvalue weighted by Gasteiger charge is 2.44. The first-order valence-corrected chi connectivity index (χ1v) is 29.4. The van der Waals surface area contributed by atoms with Crippen LogP contribution in [-0.2, 0) is 52.8 Å². The lowest BCUT2D eigenvalue weighted by atomic mass is 9.84. The largest absolute Gasteiger partial charge is 0.508 e. The van der Waals surface area contributed by atoms with Crippen molar-refractivity contribution in [1.29, 1.82) is 0 Å². The van der Waals surface area contributed by atoms with Gasteiger partial charge in [-0.25, -0.2) is 0 Å². The molecule has 2 aromatic heterocycles. The van der Waals surface area contributed by atoms with Gasteiger partial charge in [0, 0.05) is 94.3 Å². The molecule has 10 rings (SSSR count). The molecule has 3 saturated heterocycles. The van der Waals surface area contributed by atoms with Crippen LogP contribution in [0.2, 0.25) is 5.54 Å². The van der Waals surface area contributed by atoms with E-state index in [4.69, 9.17) is 19.2 Å². The van der Waals surface area contributed by atoms with Crippen molar-refractivity contribution in [1.82, 2.24) is 34.8 Å². The summed E-state index contributed by atoms with van der Waals surface area (Å²) in [5, 5.41) is 20.7. The van der Waals surface area contributed by atoms with Crippen LogP contribution in [0.1, 0.15) is 107 Å². The van der Waals surface area contributed by atoms with Crippen molar-refractivity contribution >= 4 is 50.0 Å². The Morgan fingerprint density at radius 2 is 1.73 bits per heavy atom. The number of nitrogens with zero attached hydrogens (tertiary/aromatic N) is 6. The van der Waals surface area contributed by atoms with Gasteiger partial charge < -0.3 is 43.9 Å². The number of hydrogen-bond acceptors (Lipinski definition) is 12. The van der Waals surface area contributed by atoms with Gasteiger partial charge in [0.25, 0.3) is 11.8 Å². The molecule has 78 heavy (non-hydrogen) atoms. The van der Waals surface area contributed by atoms with E-state index in [1.165, 1.54) is 5.01 Å². The maximum atomic E-state index is 15.2. The number of amides is 3. The van der Waals surface area contributed by atoms with E-state index in [1.54, 1.807) is 31.2 Å². The van der Waals surface area contributed by atoms with Crippen molar-refractivity contribution in [2.45, 2.75) is 128 Å². The number of aryl methyl sites for hydroxylation is 1. The molecule has 414 valence electrons. The van der Waals surface area contributed by atoms with Crippen LogP contribution in [0.4, 0.5) is 5.69 Å². The van der Waals surface area contributed by atoms with Gasteiger partial charge in [0.15, 0.2) is 9.68 Å². The molecular formula is C61H78N8O8Si. The van der Waals surface area contributed by atoms with Crippen molar-refractivity contribution in [2.75, 3.05) is 72.0 Å². The average Bonchev–Trinajstić information content (AvgIpc) is 4.38. The summed E-state index contributed by atoms with van der Waals surface area (Å²) in [5.41, 5.74) is 8.29. The lowest BCUT2D eigenvalue weighted by Gasteiger charge is -2.35. The average molecular weight is 1080 g/mol. The molecule has 3 aromatic carbocycles. The summed E-state index contributed by atoms with van der Waals surface area (Å²) >= 11 is 0. The van der Waals surface area contributed by atoms with E-state index in [9.17, 15) is 14.7 Å². The fraction of sp³-hybridized carbons (Fsp3) is 0.525. The minimum Gasteiger partial charge on any atom is -0.508 e. The monoisotopic (exact) mass is 1080 g/mol. The number of hydrazine groups is 1. The Hall–Kier alpha value is -6.11. The summed E-state index contributed by atoms with van der Waals surface area (Å²) in [6, 6.07) is 22.0. The molecule has 3 amide bonds. The number of likely N-dealkylation sites (N-methyl/N-ethyl adjacent to an activating group) is 2. The van der Waals surface area contributed by atoms with E-state index in [0.717, 1.165) is 108 Å². The number of carbonyl (C=O) groups excluding carboxylic acids is 4. The molecule has 3 N–H and O–H groups in total. The number of ether oxygens (including phenoxy) is 3. The van der Waals surface area contributed by atoms with E-state index < -0.39 is 35.1 Å². The Morgan fingerprint density at radius 1 is 0.962 bits per heavy atom. The van der Waals surface area contributed by atoms with E-state index in [1.807, 2.05) is 49.5 Å². The van der Waals surface area contributed by atoms with Crippen LogP contribution in [0.25, 0.3) is 33.3 Å². The molecule has 6 atom stereocenters. The third-order valence-electron chi connectivity index (χ3n) is 17.1. The lowest BCUT2D eigenvalue weighted by Crippen LogP contribution is -2.60. The summed E-state index contributed by atoms with van der Waals surface area (Å²) in [6.45, 7) is 13.7. The summed E-state index contributed by atoms with van der Waals surface area (Å²) in [7, 11) is 5.41. The van der Waals surface area contributed by atoms with Gasteiger partial charge in [0.05, 0.1) is 41.5 Å². The molecule has 6 bridgehead atoms. The van der Waals surface area contributed by atoms with Crippen molar-refractivity contribution < 1.29 is 38.5 Å². The summed E-state index contributed by atoms with van der Waals surface area (Å²) in [4.78, 5) is 70.6. The van der Waals surface area contributed by atoms with Crippen molar-refractivity contribution in [3.63, 3.8) is 0 Å². The predicted octanol–water partition coefficient (Wildman–Crippen LogP) is 7.83. The SMILES string of the molecule is CCn1c(-c2cc(N3CCN(C)CC3)cnc2[C@H](C)OC)c2c3cc(ccc31)-c1cc(O)cc(c1)C[C@H](NC(=O)[C@H](C1CCCC1)N(C)C(=O)[C@H]1OCC[C@H]1c1ccccc1)C(=O)N1CCC[C@H]([Si]N1)C(=O)OCC(C)(C)C2. The fourth-order valence-electron chi connectivity index (χ4n) is 12.8. The van der Waals surface area contributed by atoms with Gasteiger partial charge in [-0.15, -0.1) is 0 Å². The Balaban J connectivity index is 1.05. The molecule has 2 radical (unpaired) electrons. The van der Waals surface area contributed by atoms with E-state index in [2.05, 4.69) is 76.9 Å². The Labute approximate surface area is 462 Å². The molecule has 1 aliphatic carbocycles. The third kappa shape index (κ3) is 11.6. The number of hydrogen-bond donors (Lipinski definition) is 3. The van der Waals surface area contributed by atoms with E-state index >= 15 is 9.59 Å². The summed E-state index contributed by atoms with van der Waals surface area (Å²) in [5.74, 6) is -1.59. The second kappa shape index (κ2) is 23.7. The molecular weight excluding hydrogens is 1000 g/mol. The third-order valence-corrected chi connectivity index (χ3v) is 18.4. The summed E-state index contributed by atoms with van der Waals surface area (Å²) in [6.07, 6.45) is 6.67. The Bertz CT molecular complexity index is 2990. The minimum absolute atomic E-state index is 0.0238. The Morgan fingerprint density at radius 3 is 2.47 bits per heavy atom. The van der Waals surface area contributed by atoms with Gasteiger partial charge in [0.1, 0.15) is 23.9 Å². The number of piperazine rings is 1. The number of pyridine rings is 1. The van der Waals surface area contributed by atoms with Gasteiger partial charge in [-0.1, -0.05) is 69.2 Å². The first-order chi connectivity index (χ1) is 37.6. The molecule has 1 saturated carbocycles. The number of benzene rings is 3. The lowest BCUT2D eigenvalue weighted by molar-refractivity contribution is -0.149. The number of fused-ring (bicyclic) bond motifs is 7. The van der Waals surface area contributed by atoms with Gasteiger partial charge in [0.2, 0.25) is 5.91 Å². The zero-order valence-electron chi connectivity index (χ0n) is 46.6. The quantitative estimate of drug-likeness (QED) is 0.0867. The molecule has 4 aliphatic heterocycles. The number of cyclic esters (lactones) is 1. The highest BCUT2D eigenvalue weighted by molar-refractivity contribution is 6.41. The molecule has 17 heteroatoms. The number of aromatic hydroxyl groups is 1. The molecule has 5 aliphatic rings. The first kappa shape index (κ1) is 55.2. The van der Waals surface area contributed by atoms with Crippen LogP contribution >= 0.6 is 0 Å². The smallest absolute Gasteiger partial charge is 0.307 e. The van der Waals surface area contributed by atoms with Crippen LogP contribution in [-0.4, -0.2) is 148 Å². The van der Waals surface area contributed by atoms with E-state index in [0.29, 0.717) is 50.9 Å². The fourth-order valence-corrected chi connectivity index (χ4v) is 13.8. The topological polar surface area (TPSA) is 171 Å². The highest BCUT2D eigenvalue weighted by atomic mass is 28.2. The van der Waals surface area contributed by atoms with Crippen molar-refractivity contribution in [3.05, 3.63) is 101 Å². The zero-order chi connectivity index (χ0) is 54.8. The van der Waals surface area contributed by atoms with Crippen LogP contribution in [0.15, 0.2) is 79.0 Å². The van der Waals surface area contributed by atoms with Crippen LogP contribution in [0, 0.1) is 11.3 Å². The van der Waals surface area contributed by atoms with Gasteiger partial charge in [-0.3, -0.25) is 34.3 Å². The second-order valence-corrected chi connectivity index (χ2v) is 24.4. The van der Waals surface area contributed by atoms with Crippen LogP contribution in [0.3, 0.4) is 0 Å². The van der Waals surface area contributed by atoms with Crippen LogP contribution < -0.4 is 15.3 Å². The van der Waals surface area contributed by atoms with Gasteiger partial charge in [-0.2, -0.15) is 0 Å². The van der Waals surface area contributed by atoms with E-state index in [-0.39, 0.29) is 64.2 Å². The Kier molecular flexibility index (Phi) is 16.8. The predicted molar refractivity (Wildman–Crippen MR) is 303 cm³/mol. The number of aromatic nitrogens is 2. The normalized spacial score (nSPS) is 23.4. The van der Waals surface area contributed by atoms with Crippen molar-refractivity contribution in [2.24, 2.45) is 11.3 Å². The second-order valence-electron chi connectivity index (χ2n) is 23.2. The first-order valence-electron chi connectivity index (χ1n) is 28.3. The number of methoxy groups -OCH3 is 1. The molecule has 16 nitrogen and oxygen atoms in total. The molecule has 5 aromatic rings. The molecule has 6 heterocycles. The standard InChI is InChI=1S/C61H78N8O8Si/c1-8-68-51-21-20-42-33-47(51)49(55(68)48-34-44(36-62-53(48)38(2)75-7)67-26-24-65(5)25-27-67)35-61(3,4)37-77-60(74)52-19-14-23-69(64-78-52)58(72)50(31-39-29-43(42)32-45(70)30-39)63-57(71)54(41-17-12-13-18-41)66(6)59(73)56-46(22-28-76-56)40-15-10-9-11-16-40/h9-11,15-16,20-21,29-30,32-34,36,38,41,46,50,52,54,56,64,70H,8,12-14,17-19,22-28,31,35,37H2,1-7H3,(H,63,71)/t38-,46-,50-,52-,54-,56-/m0/s1. The number of esters is 1. The molecule has 0 spiro atoms. The number of anilines is 1. The van der Waals surface area contributed by atoms with Crippen molar-refractivity contribution in [3.8, 4) is 28.1 Å². The number of carbonyl (C=O) groups is 4. The number of rotatable bonds is 11. The van der Waals surface area contributed by atoms with Gasteiger partial charge in [-0.05, 0) is 123 Å². The minimum atomic E-state index is -1.10. The zero-order valence-corrected chi connectivity index (χ0v) is 47.6.